The maximum absolute atomic E-state index is 12.5. The summed E-state index contributed by atoms with van der Waals surface area (Å²) in [5, 5.41) is 0. The number of carbonyl (C=O) groups excluding carboxylic acids is 3. The van der Waals surface area contributed by atoms with E-state index < -0.39 is 39.1 Å². The lowest BCUT2D eigenvalue weighted by molar-refractivity contribution is -0.143. The third-order valence-corrected chi connectivity index (χ3v) is 7.76. The van der Waals surface area contributed by atoms with Crippen molar-refractivity contribution in [3.05, 3.63) is 27.5 Å². The predicted molar refractivity (Wildman–Crippen MR) is 124 cm³/mol. The van der Waals surface area contributed by atoms with Gasteiger partial charge in [-0.15, -0.1) is 0 Å². The van der Waals surface area contributed by atoms with Gasteiger partial charge in [-0.3, -0.25) is 14.4 Å². The van der Waals surface area contributed by atoms with Crippen LogP contribution in [0.1, 0.15) is 26.2 Å². The lowest BCUT2D eigenvalue weighted by Crippen LogP contribution is -2.40. The minimum absolute atomic E-state index is 0.165. The Labute approximate surface area is 198 Å². The number of esters is 1. The van der Waals surface area contributed by atoms with Gasteiger partial charge in [0.05, 0.1) is 16.8 Å². The summed E-state index contributed by atoms with van der Waals surface area (Å²) in [5.41, 5.74) is 0.668. The number of hydrogen-bond donors (Lipinski definition) is 0. The number of piperidine rings is 1. The van der Waals surface area contributed by atoms with E-state index in [1.165, 1.54) is 9.47 Å². The van der Waals surface area contributed by atoms with Gasteiger partial charge in [0.25, 0.3) is 5.91 Å². The molecular weight excluding hydrogens is 522 g/mol. The van der Waals surface area contributed by atoms with Crippen molar-refractivity contribution in [1.82, 2.24) is 9.47 Å². The first kappa shape index (κ1) is 24.6. The SMILES string of the molecule is CCOC(=O)Cn1c(=NC(=O)CS(=O)(=O)CC(=O)N2CCCCC2)sc2cc(Br)ccc21. The van der Waals surface area contributed by atoms with Crippen LogP contribution in [-0.4, -0.2) is 66.9 Å². The Kier molecular flexibility index (Phi) is 8.23. The summed E-state index contributed by atoms with van der Waals surface area (Å²) in [6, 6.07) is 5.38. The van der Waals surface area contributed by atoms with Crippen LogP contribution in [0.3, 0.4) is 0 Å². The van der Waals surface area contributed by atoms with Crippen LogP contribution in [0, 0.1) is 0 Å². The van der Waals surface area contributed by atoms with Crippen molar-refractivity contribution in [2.24, 2.45) is 4.99 Å². The third-order valence-electron chi connectivity index (χ3n) is 4.85. The fraction of sp³-hybridized carbons (Fsp3) is 0.500. The fourth-order valence-electron chi connectivity index (χ4n) is 3.42. The Morgan fingerprint density at radius 3 is 2.56 bits per heavy atom. The molecule has 0 saturated carbocycles. The molecule has 2 heterocycles. The van der Waals surface area contributed by atoms with Crippen LogP contribution in [0.4, 0.5) is 0 Å². The lowest BCUT2D eigenvalue weighted by Gasteiger charge is -2.26. The molecule has 0 atom stereocenters. The molecule has 1 aromatic heterocycles. The number of benzene rings is 1. The Hall–Kier alpha value is -2.05. The second-order valence-corrected chi connectivity index (χ2v) is 11.4. The van der Waals surface area contributed by atoms with Crippen molar-refractivity contribution in [2.75, 3.05) is 31.2 Å². The Balaban J connectivity index is 1.82. The van der Waals surface area contributed by atoms with E-state index in [0.29, 0.717) is 18.6 Å². The number of sulfone groups is 1. The van der Waals surface area contributed by atoms with Crippen molar-refractivity contribution in [2.45, 2.75) is 32.7 Å². The summed E-state index contributed by atoms with van der Waals surface area (Å²) >= 11 is 4.54. The van der Waals surface area contributed by atoms with Crippen molar-refractivity contribution in [3.63, 3.8) is 0 Å². The van der Waals surface area contributed by atoms with Gasteiger partial charge in [-0.1, -0.05) is 27.3 Å². The number of nitrogens with zero attached hydrogens (tertiary/aromatic N) is 3. The highest BCUT2D eigenvalue weighted by Crippen LogP contribution is 2.22. The molecule has 0 unspecified atom stereocenters. The molecule has 12 heteroatoms. The van der Waals surface area contributed by atoms with Gasteiger partial charge in [0, 0.05) is 17.6 Å². The maximum Gasteiger partial charge on any atom is 0.326 e. The van der Waals surface area contributed by atoms with Crippen molar-refractivity contribution in [1.29, 1.82) is 0 Å². The molecule has 174 valence electrons. The van der Waals surface area contributed by atoms with Crippen molar-refractivity contribution >= 4 is 65.1 Å². The number of ether oxygens (including phenoxy) is 1. The van der Waals surface area contributed by atoms with E-state index >= 15 is 0 Å². The molecule has 0 spiro atoms. The van der Waals surface area contributed by atoms with E-state index in [0.717, 1.165) is 39.8 Å². The van der Waals surface area contributed by atoms with Crippen LogP contribution < -0.4 is 4.80 Å². The van der Waals surface area contributed by atoms with Crippen molar-refractivity contribution in [3.8, 4) is 0 Å². The number of thiazole rings is 1. The van der Waals surface area contributed by atoms with Crippen LogP contribution >= 0.6 is 27.3 Å². The van der Waals surface area contributed by atoms with Gasteiger partial charge in [0.2, 0.25) is 5.91 Å². The number of likely N-dealkylation sites (tertiary alicyclic amines) is 1. The number of aromatic nitrogens is 1. The summed E-state index contributed by atoms with van der Waals surface area (Å²) in [6.07, 6.45) is 2.72. The number of carbonyl (C=O) groups is 3. The molecule has 9 nitrogen and oxygen atoms in total. The van der Waals surface area contributed by atoms with Crippen LogP contribution in [-0.2, 0) is 35.5 Å². The highest BCUT2D eigenvalue weighted by Gasteiger charge is 2.25. The monoisotopic (exact) mass is 545 g/mol. The lowest BCUT2D eigenvalue weighted by atomic mass is 10.1. The molecule has 0 aliphatic carbocycles. The zero-order chi connectivity index (χ0) is 23.3. The maximum atomic E-state index is 12.5. The Bertz CT molecular complexity index is 1200. The van der Waals surface area contributed by atoms with Crippen LogP contribution in [0.15, 0.2) is 27.7 Å². The van der Waals surface area contributed by atoms with Gasteiger partial charge in [-0.25, -0.2) is 8.42 Å². The minimum Gasteiger partial charge on any atom is -0.465 e. The Morgan fingerprint density at radius 2 is 1.88 bits per heavy atom. The zero-order valence-corrected chi connectivity index (χ0v) is 20.8. The molecule has 1 aliphatic rings. The summed E-state index contributed by atoms with van der Waals surface area (Å²) in [6.45, 7) is 2.81. The van der Waals surface area contributed by atoms with Gasteiger partial charge < -0.3 is 14.2 Å². The quantitative estimate of drug-likeness (QED) is 0.490. The minimum atomic E-state index is -3.97. The van der Waals surface area contributed by atoms with Gasteiger partial charge >= 0.3 is 5.97 Å². The second kappa shape index (κ2) is 10.7. The van der Waals surface area contributed by atoms with Gasteiger partial charge in [-0.2, -0.15) is 4.99 Å². The first-order chi connectivity index (χ1) is 15.2. The number of halogens is 1. The topological polar surface area (TPSA) is 115 Å². The summed E-state index contributed by atoms with van der Waals surface area (Å²) in [4.78, 5) is 42.5. The molecule has 2 amide bonds. The number of hydrogen-bond acceptors (Lipinski definition) is 7. The van der Waals surface area contributed by atoms with E-state index in [4.69, 9.17) is 4.74 Å². The highest BCUT2D eigenvalue weighted by molar-refractivity contribution is 9.10. The molecule has 3 rings (SSSR count). The third kappa shape index (κ3) is 6.48. The molecule has 0 radical (unpaired) electrons. The Morgan fingerprint density at radius 1 is 1.16 bits per heavy atom. The zero-order valence-electron chi connectivity index (χ0n) is 17.6. The smallest absolute Gasteiger partial charge is 0.326 e. The van der Waals surface area contributed by atoms with Crippen LogP contribution in [0.2, 0.25) is 0 Å². The molecular formula is C20H24BrN3O6S2. The predicted octanol–water partition coefficient (Wildman–Crippen LogP) is 1.88. The second-order valence-electron chi connectivity index (χ2n) is 7.37. The molecule has 1 aromatic carbocycles. The first-order valence-corrected chi connectivity index (χ1v) is 13.6. The highest BCUT2D eigenvalue weighted by atomic mass is 79.9. The van der Waals surface area contributed by atoms with E-state index in [9.17, 15) is 22.8 Å². The molecule has 32 heavy (non-hydrogen) atoms. The summed E-state index contributed by atoms with van der Waals surface area (Å²) < 4.78 is 33.0. The largest absolute Gasteiger partial charge is 0.465 e. The fourth-order valence-corrected chi connectivity index (χ4v) is 6.12. The van der Waals surface area contributed by atoms with Crippen LogP contribution in [0.5, 0.6) is 0 Å². The molecule has 2 aromatic rings. The van der Waals surface area contributed by atoms with E-state index in [1.54, 1.807) is 19.1 Å². The normalized spacial score (nSPS) is 15.2. The molecule has 0 bridgehead atoms. The molecule has 0 N–H and O–H groups in total. The number of fused-ring (bicyclic) bond motifs is 1. The van der Waals surface area contributed by atoms with Gasteiger partial charge in [0.15, 0.2) is 14.6 Å². The summed E-state index contributed by atoms with van der Waals surface area (Å²) in [7, 11) is -3.97. The number of amides is 2. The molecule has 1 fully saturated rings. The van der Waals surface area contributed by atoms with Crippen LogP contribution in [0.25, 0.3) is 10.2 Å². The molecule has 1 aliphatic heterocycles. The van der Waals surface area contributed by atoms with Crippen molar-refractivity contribution < 1.29 is 27.5 Å². The molecule has 1 saturated heterocycles. The standard InChI is InChI=1S/C20H24BrN3O6S2/c1-2-30-19(27)11-24-15-7-6-14(21)10-16(15)31-20(24)22-17(25)12-32(28,29)13-18(26)23-8-4-3-5-9-23/h6-7,10H,2-5,8-9,11-13H2,1H3. The van der Waals surface area contributed by atoms with E-state index in [-0.39, 0.29) is 18.0 Å². The number of rotatable bonds is 7. The first-order valence-electron chi connectivity index (χ1n) is 10.2. The average Bonchev–Trinajstić information content (AvgIpc) is 3.03. The van der Waals surface area contributed by atoms with E-state index in [2.05, 4.69) is 20.9 Å². The van der Waals surface area contributed by atoms with Gasteiger partial charge in [-0.05, 0) is 44.4 Å². The van der Waals surface area contributed by atoms with Gasteiger partial charge in [0.1, 0.15) is 18.1 Å². The van der Waals surface area contributed by atoms with E-state index in [1.807, 2.05) is 6.07 Å². The average molecular weight is 546 g/mol. The summed E-state index contributed by atoms with van der Waals surface area (Å²) in [5.74, 6) is -3.45.